The highest BCUT2D eigenvalue weighted by molar-refractivity contribution is 7.89. The van der Waals surface area contributed by atoms with E-state index >= 15 is 0 Å². The van der Waals surface area contributed by atoms with Crippen LogP contribution in [-0.4, -0.2) is 21.7 Å². The van der Waals surface area contributed by atoms with Gasteiger partial charge in [-0.2, -0.15) is 13.5 Å². The first kappa shape index (κ1) is 20.7. The monoisotopic (exact) mass is 430 g/mol. The first-order valence-electron chi connectivity index (χ1n) is 8.63. The Morgan fingerprint density at radius 2 is 1.72 bits per heavy atom. The van der Waals surface area contributed by atoms with Crippen LogP contribution in [0.15, 0.2) is 82.8 Å². The number of sulfonamides is 1. The third-order valence-corrected chi connectivity index (χ3v) is 5.43. The van der Waals surface area contributed by atoms with E-state index < -0.39 is 10.0 Å². The second kappa shape index (κ2) is 9.45. The predicted octanol–water partition coefficient (Wildman–Crippen LogP) is 4.24. The highest BCUT2D eigenvalue weighted by Gasteiger charge is 2.12. The standard InChI is InChI=1S/C21H19ClN2O4S/c1-27-21-13-17(7-12-20(21)28-15-16-5-3-2-4-6-16)14-23-24-29(25,26)19-10-8-18(22)9-11-19/h2-14,24H,15H2,1H3. The van der Waals surface area contributed by atoms with Crippen molar-refractivity contribution in [2.75, 3.05) is 7.11 Å². The second-order valence-corrected chi connectivity index (χ2v) is 8.09. The Hall–Kier alpha value is -3.03. The summed E-state index contributed by atoms with van der Waals surface area (Å²) in [5.74, 6) is 1.10. The van der Waals surface area contributed by atoms with Crippen molar-refractivity contribution < 1.29 is 17.9 Å². The van der Waals surface area contributed by atoms with Gasteiger partial charge in [0.05, 0.1) is 18.2 Å². The van der Waals surface area contributed by atoms with Gasteiger partial charge in [-0.3, -0.25) is 0 Å². The number of nitrogens with zero attached hydrogens (tertiary/aromatic N) is 1. The normalized spacial score (nSPS) is 11.4. The summed E-state index contributed by atoms with van der Waals surface area (Å²) in [6, 6.07) is 20.8. The number of hydrogen-bond acceptors (Lipinski definition) is 5. The van der Waals surface area contributed by atoms with Crippen LogP contribution < -0.4 is 14.3 Å². The predicted molar refractivity (Wildman–Crippen MR) is 113 cm³/mol. The van der Waals surface area contributed by atoms with E-state index in [2.05, 4.69) is 9.93 Å². The van der Waals surface area contributed by atoms with Gasteiger partial charge < -0.3 is 9.47 Å². The Morgan fingerprint density at radius 1 is 1.00 bits per heavy atom. The van der Waals surface area contributed by atoms with Gasteiger partial charge in [-0.05, 0) is 53.6 Å². The fourth-order valence-corrected chi connectivity index (χ4v) is 3.37. The van der Waals surface area contributed by atoms with Crippen molar-refractivity contribution in [3.63, 3.8) is 0 Å². The average molecular weight is 431 g/mol. The quantitative estimate of drug-likeness (QED) is 0.428. The molecule has 0 saturated heterocycles. The Labute approximate surface area is 174 Å². The van der Waals surface area contributed by atoms with Gasteiger partial charge in [0.1, 0.15) is 6.61 Å². The molecule has 0 radical (unpaired) electrons. The minimum Gasteiger partial charge on any atom is -0.493 e. The van der Waals surface area contributed by atoms with Gasteiger partial charge in [-0.15, -0.1) is 0 Å². The van der Waals surface area contributed by atoms with Crippen molar-refractivity contribution in [2.45, 2.75) is 11.5 Å². The zero-order valence-electron chi connectivity index (χ0n) is 15.6. The molecule has 1 N–H and O–H groups in total. The minimum atomic E-state index is -3.77. The van der Waals surface area contributed by atoms with Crippen LogP contribution in [0.2, 0.25) is 5.02 Å². The maximum absolute atomic E-state index is 12.2. The first-order valence-corrected chi connectivity index (χ1v) is 10.5. The SMILES string of the molecule is COc1cc(C=NNS(=O)(=O)c2ccc(Cl)cc2)ccc1OCc1ccccc1. The molecule has 3 aromatic carbocycles. The van der Waals surface area contributed by atoms with Crippen LogP contribution in [0.3, 0.4) is 0 Å². The summed E-state index contributed by atoms with van der Waals surface area (Å²) in [5, 5.41) is 4.27. The van der Waals surface area contributed by atoms with Gasteiger partial charge in [0, 0.05) is 5.02 Å². The molecule has 0 aliphatic heterocycles. The van der Waals surface area contributed by atoms with Crippen LogP contribution in [0, 0.1) is 0 Å². The van der Waals surface area contributed by atoms with E-state index in [1.54, 1.807) is 18.2 Å². The van der Waals surface area contributed by atoms with Crippen LogP contribution in [-0.2, 0) is 16.6 Å². The summed E-state index contributed by atoms with van der Waals surface area (Å²) in [6.45, 7) is 0.408. The van der Waals surface area contributed by atoms with Gasteiger partial charge in [0.15, 0.2) is 11.5 Å². The smallest absolute Gasteiger partial charge is 0.276 e. The molecule has 0 saturated carbocycles. The fraction of sp³-hybridized carbons (Fsp3) is 0.0952. The molecule has 3 rings (SSSR count). The van der Waals surface area contributed by atoms with Crippen molar-refractivity contribution in [2.24, 2.45) is 5.10 Å². The molecule has 6 nitrogen and oxygen atoms in total. The van der Waals surface area contributed by atoms with E-state index in [0.29, 0.717) is 28.7 Å². The number of methoxy groups -OCH3 is 1. The van der Waals surface area contributed by atoms with E-state index in [4.69, 9.17) is 21.1 Å². The van der Waals surface area contributed by atoms with Gasteiger partial charge in [-0.1, -0.05) is 41.9 Å². The van der Waals surface area contributed by atoms with E-state index in [1.165, 1.54) is 37.6 Å². The zero-order valence-corrected chi connectivity index (χ0v) is 17.2. The third-order valence-electron chi connectivity index (χ3n) is 3.94. The van der Waals surface area contributed by atoms with Gasteiger partial charge in [-0.25, -0.2) is 4.83 Å². The molecule has 0 aromatic heterocycles. The van der Waals surface area contributed by atoms with Crippen LogP contribution in [0.1, 0.15) is 11.1 Å². The highest BCUT2D eigenvalue weighted by Crippen LogP contribution is 2.28. The molecular formula is C21H19ClN2O4S. The van der Waals surface area contributed by atoms with Crippen molar-refractivity contribution in [1.29, 1.82) is 0 Å². The lowest BCUT2D eigenvalue weighted by Crippen LogP contribution is -2.18. The first-order chi connectivity index (χ1) is 14.0. The van der Waals surface area contributed by atoms with E-state index in [9.17, 15) is 8.42 Å². The lowest BCUT2D eigenvalue weighted by Gasteiger charge is -2.11. The van der Waals surface area contributed by atoms with Crippen LogP contribution in [0.25, 0.3) is 0 Å². The van der Waals surface area contributed by atoms with Crippen LogP contribution in [0.4, 0.5) is 0 Å². The van der Waals surface area contributed by atoms with E-state index in [-0.39, 0.29) is 4.90 Å². The summed E-state index contributed by atoms with van der Waals surface area (Å²) < 4.78 is 35.6. The Kier molecular flexibility index (Phi) is 6.74. The molecule has 0 aliphatic rings. The van der Waals surface area contributed by atoms with Crippen LogP contribution in [0.5, 0.6) is 11.5 Å². The maximum Gasteiger partial charge on any atom is 0.276 e. The summed E-state index contributed by atoms with van der Waals surface area (Å²) in [6.07, 6.45) is 1.39. The summed E-state index contributed by atoms with van der Waals surface area (Å²) in [4.78, 5) is 2.24. The molecule has 3 aromatic rings. The highest BCUT2D eigenvalue weighted by atomic mass is 35.5. The molecule has 0 aliphatic carbocycles. The topological polar surface area (TPSA) is 77.0 Å². The van der Waals surface area contributed by atoms with Crippen molar-refractivity contribution >= 4 is 27.8 Å². The molecule has 0 amide bonds. The number of rotatable bonds is 8. The van der Waals surface area contributed by atoms with Gasteiger partial charge >= 0.3 is 0 Å². The molecular weight excluding hydrogens is 412 g/mol. The van der Waals surface area contributed by atoms with Crippen molar-refractivity contribution in [1.82, 2.24) is 4.83 Å². The van der Waals surface area contributed by atoms with Gasteiger partial charge in [0.25, 0.3) is 10.0 Å². The number of hydrazone groups is 1. The summed E-state index contributed by atoms with van der Waals surface area (Å²) >= 11 is 5.78. The fourth-order valence-electron chi connectivity index (χ4n) is 2.46. The average Bonchev–Trinajstić information content (AvgIpc) is 2.73. The van der Waals surface area contributed by atoms with Gasteiger partial charge in [0.2, 0.25) is 0 Å². The molecule has 29 heavy (non-hydrogen) atoms. The lowest BCUT2D eigenvalue weighted by atomic mass is 10.2. The molecule has 0 atom stereocenters. The largest absolute Gasteiger partial charge is 0.493 e. The lowest BCUT2D eigenvalue weighted by molar-refractivity contribution is 0.284. The third kappa shape index (κ3) is 5.73. The Balaban J connectivity index is 1.67. The summed E-state index contributed by atoms with van der Waals surface area (Å²) in [5.41, 5.74) is 1.68. The summed E-state index contributed by atoms with van der Waals surface area (Å²) in [7, 11) is -2.24. The molecule has 0 fully saturated rings. The molecule has 0 bridgehead atoms. The van der Waals surface area contributed by atoms with Crippen molar-refractivity contribution in [3.05, 3.63) is 88.9 Å². The van der Waals surface area contributed by atoms with E-state index in [0.717, 1.165) is 5.56 Å². The number of benzene rings is 3. The molecule has 8 heteroatoms. The molecule has 0 spiro atoms. The number of ether oxygens (including phenoxy) is 2. The number of nitrogens with one attached hydrogen (secondary N) is 1. The maximum atomic E-state index is 12.2. The van der Waals surface area contributed by atoms with Crippen LogP contribution >= 0.6 is 11.6 Å². The Bertz CT molecular complexity index is 1090. The van der Waals surface area contributed by atoms with Crippen molar-refractivity contribution in [3.8, 4) is 11.5 Å². The molecule has 150 valence electrons. The number of halogens is 1. The second-order valence-electron chi connectivity index (χ2n) is 5.99. The number of hydrogen-bond donors (Lipinski definition) is 1. The molecule has 0 unspecified atom stereocenters. The molecule has 0 heterocycles. The Morgan fingerprint density at radius 3 is 2.41 bits per heavy atom. The van der Waals surface area contributed by atoms with E-state index in [1.807, 2.05) is 30.3 Å². The minimum absolute atomic E-state index is 0.0706. The zero-order chi connectivity index (χ0) is 20.7.